The summed E-state index contributed by atoms with van der Waals surface area (Å²) in [5.74, 6) is -0.779. The Hall–Kier alpha value is -4.31. The molecule has 0 saturated carbocycles. The second-order valence-corrected chi connectivity index (χ2v) is 11.3. The molecule has 0 spiro atoms. The number of benzene rings is 2. The van der Waals surface area contributed by atoms with E-state index >= 15 is 0 Å². The van der Waals surface area contributed by atoms with E-state index in [1.807, 2.05) is 4.90 Å². The lowest BCUT2D eigenvalue weighted by atomic mass is 9.69. The summed E-state index contributed by atoms with van der Waals surface area (Å²) in [7, 11) is 3.10. The molecule has 222 valence electrons. The Morgan fingerprint density at radius 2 is 1.40 bits per heavy atom. The number of rotatable bonds is 10. The molecule has 10 nitrogen and oxygen atoms in total. The number of likely N-dealkylation sites (tertiary alicyclic amines) is 1. The molecule has 1 aliphatic heterocycles. The van der Waals surface area contributed by atoms with E-state index in [1.54, 1.807) is 95.9 Å². The van der Waals surface area contributed by atoms with Crippen molar-refractivity contribution in [2.24, 2.45) is 11.8 Å². The zero-order valence-electron chi connectivity index (χ0n) is 24.7. The van der Waals surface area contributed by atoms with Crippen LogP contribution in [0, 0.1) is 11.8 Å². The number of Topliss-reactive ketones (excluding diaryl/α,β-unsaturated/α-hetero) is 2. The van der Waals surface area contributed by atoms with Gasteiger partial charge >= 0.3 is 6.09 Å². The fraction of sp³-hybridized carbons (Fsp3) is 0.406. The van der Waals surface area contributed by atoms with Gasteiger partial charge in [0, 0.05) is 67.5 Å². The molecule has 42 heavy (non-hydrogen) atoms. The monoisotopic (exact) mass is 574 g/mol. The molecule has 4 rings (SSSR count). The SMILES string of the molecule is COc1cccc(C(=O)[C@H]2CN(CCNC(=O)OC(C)(C)C)C[C@@H](C(=O)c3cccc(OC)c3)C2c2cncnc2)c1. The highest BCUT2D eigenvalue weighted by Gasteiger charge is 2.45. The number of carbonyl (C=O) groups is 3. The zero-order valence-corrected chi connectivity index (χ0v) is 24.7. The largest absolute Gasteiger partial charge is 0.497 e. The number of carbonyl (C=O) groups excluding carboxylic acids is 3. The maximum absolute atomic E-state index is 14.2. The Morgan fingerprint density at radius 1 is 0.881 bits per heavy atom. The summed E-state index contributed by atoms with van der Waals surface area (Å²) >= 11 is 0. The number of ether oxygens (including phenoxy) is 3. The molecule has 3 atom stereocenters. The molecule has 1 saturated heterocycles. The topological polar surface area (TPSA) is 120 Å². The van der Waals surface area contributed by atoms with Gasteiger partial charge in [0.15, 0.2) is 11.6 Å². The number of hydrogen-bond acceptors (Lipinski definition) is 9. The first-order chi connectivity index (χ1) is 20.1. The molecular formula is C32H38N4O6. The van der Waals surface area contributed by atoms with Gasteiger partial charge in [0.05, 0.1) is 14.2 Å². The smallest absolute Gasteiger partial charge is 0.407 e. The number of hydrogen-bond donors (Lipinski definition) is 1. The van der Waals surface area contributed by atoms with Crippen LogP contribution in [0.5, 0.6) is 11.5 Å². The van der Waals surface area contributed by atoms with E-state index in [9.17, 15) is 14.4 Å². The van der Waals surface area contributed by atoms with Crippen molar-refractivity contribution < 1.29 is 28.6 Å². The Balaban J connectivity index is 1.70. The summed E-state index contributed by atoms with van der Waals surface area (Å²) in [5.41, 5.74) is 1.07. The van der Waals surface area contributed by atoms with E-state index in [4.69, 9.17) is 14.2 Å². The predicted molar refractivity (Wildman–Crippen MR) is 157 cm³/mol. The van der Waals surface area contributed by atoms with Gasteiger partial charge in [-0.3, -0.25) is 9.59 Å². The van der Waals surface area contributed by atoms with Crippen molar-refractivity contribution in [3.63, 3.8) is 0 Å². The van der Waals surface area contributed by atoms with Gasteiger partial charge in [-0.1, -0.05) is 24.3 Å². The summed E-state index contributed by atoms with van der Waals surface area (Å²) in [5, 5.41) is 2.79. The molecule has 1 unspecified atom stereocenters. The Morgan fingerprint density at radius 3 is 1.88 bits per heavy atom. The molecule has 0 aliphatic carbocycles. The lowest BCUT2D eigenvalue weighted by Crippen LogP contribution is -2.52. The summed E-state index contributed by atoms with van der Waals surface area (Å²) in [6.45, 7) is 6.84. The fourth-order valence-corrected chi connectivity index (χ4v) is 5.37. The second-order valence-electron chi connectivity index (χ2n) is 11.3. The quantitative estimate of drug-likeness (QED) is 0.351. The van der Waals surface area contributed by atoms with Crippen LogP contribution in [-0.2, 0) is 4.74 Å². The molecule has 1 fully saturated rings. The molecule has 1 aromatic heterocycles. The van der Waals surface area contributed by atoms with Crippen molar-refractivity contribution in [3.8, 4) is 11.5 Å². The van der Waals surface area contributed by atoms with Crippen LogP contribution in [0.3, 0.4) is 0 Å². The van der Waals surface area contributed by atoms with Crippen molar-refractivity contribution in [1.82, 2.24) is 20.2 Å². The standard InChI is InChI=1S/C32H38N4O6/c1-32(2,3)42-31(39)35-12-13-36-18-26(29(37)21-8-6-10-24(14-21)40-4)28(23-16-33-20-34-17-23)27(19-36)30(38)22-9-7-11-25(15-22)41-5/h6-11,14-17,20,26-28H,12-13,18-19H2,1-5H3,(H,35,39)/t26-,27+,28?. The van der Waals surface area contributed by atoms with Crippen molar-refractivity contribution in [2.45, 2.75) is 32.3 Å². The van der Waals surface area contributed by atoms with E-state index in [0.29, 0.717) is 47.8 Å². The van der Waals surface area contributed by atoms with Gasteiger partial charge in [0.2, 0.25) is 0 Å². The molecule has 1 amide bonds. The number of nitrogens with one attached hydrogen (secondary N) is 1. The van der Waals surface area contributed by atoms with Gasteiger partial charge in [-0.15, -0.1) is 0 Å². The third-order valence-electron chi connectivity index (χ3n) is 7.22. The third-order valence-corrected chi connectivity index (χ3v) is 7.22. The normalized spacial score (nSPS) is 19.0. The molecule has 2 aromatic carbocycles. The first-order valence-electron chi connectivity index (χ1n) is 13.9. The number of ketones is 2. The van der Waals surface area contributed by atoms with Crippen LogP contribution in [0.4, 0.5) is 4.79 Å². The van der Waals surface area contributed by atoms with E-state index < -0.39 is 29.4 Å². The number of piperidine rings is 1. The van der Waals surface area contributed by atoms with Crippen LogP contribution in [0.25, 0.3) is 0 Å². The summed E-state index contributed by atoms with van der Waals surface area (Å²) in [6, 6.07) is 14.0. The van der Waals surface area contributed by atoms with Crippen molar-refractivity contribution in [1.29, 1.82) is 0 Å². The molecule has 10 heteroatoms. The highest BCUT2D eigenvalue weighted by atomic mass is 16.6. The van der Waals surface area contributed by atoms with Gasteiger partial charge in [-0.05, 0) is 50.6 Å². The number of methoxy groups -OCH3 is 2. The number of nitrogens with zero attached hydrogens (tertiary/aromatic N) is 3. The van der Waals surface area contributed by atoms with E-state index in [0.717, 1.165) is 0 Å². The number of aromatic nitrogens is 2. The minimum absolute atomic E-state index is 0.115. The fourth-order valence-electron chi connectivity index (χ4n) is 5.37. The van der Waals surface area contributed by atoms with Crippen LogP contribution in [0.15, 0.2) is 67.3 Å². The minimum Gasteiger partial charge on any atom is -0.497 e. The number of alkyl carbamates (subject to hydrolysis) is 1. The van der Waals surface area contributed by atoms with Crippen LogP contribution >= 0.6 is 0 Å². The minimum atomic E-state index is -0.622. The molecule has 2 heterocycles. The van der Waals surface area contributed by atoms with Crippen LogP contribution in [-0.4, -0.2) is 78.5 Å². The molecule has 1 aliphatic rings. The summed E-state index contributed by atoms with van der Waals surface area (Å²) in [6.07, 6.45) is 4.26. The van der Waals surface area contributed by atoms with Gasteiger partial charge in [-0.25, -0.2) is 14.8 Å². The van der Waals surface area contributed by atoms with Crippen LogP contribution in [0.1, 0.15) is 53.0 Å². The first kappa shape index (κ1) is 30.6. The average Bonchev–Trinajstić information content (AvgIpc) is 2.99. The third kappa shape index (κ3) is 7.70. The van der Waals surface area contributed by atoms with Crippen LogP contribution in [0.2, 0.25) is 0 Å². The molecule has 0 radical (unpaired) electrons. The molecule has 1 N–H and O–H groups in total. The van der Waals surface area contributed by atoms with Gasteiger partial charge < -0.3 is 24.4 Å². The molecule has 0 bridgehead atoms. The highest BCUT2D eigenvalue weighted by Crippen LogP contribution is 2.40. The predicted octanol–water partition coefficient (Wildman–Crippen LogP) is 4.42. The summed E-state index contributed by atoms with van der Waals surface area (Å²) < 4.78 is 16.1. The zero-order chi connectivity index (χ0) is 30.3. The van der Waals surface area contributed by atoms with Crippen molar-refractivity contribution in [3.05, 3.63) is 83.9 Å². The van der Waals surface area contributed by atoms with Crippen molar-refractivity contribution in [2.75, 3.05) is 40.4 Å². The Kier molecular flexibility index (Phi) is 9.90. The van der Waals surface area contributed by atoms with Gasteiger partial charge in [-0.2, -0.15) is 0 Å². The lowest BCUT2D eigenvalue weighted by molar-refractivity contribution is 0.0478. The summed E-state index contributed by atoms with van der Waals surface area (Å²) in [4.78, 5) is 51.1. The lowest BCUT2D eigenvalue weighted by Gasteiger charge is -2.43. The van der Waals surface area contributed by atoms with Gasteiger partial charge in [0.25, 0.3) is 0 Å². The second kappa shape index (κ2) is 13.6. The van der Waals surface area contributed by atoms with Crippen LogP contribution < -0.4 is 14.8 Å². The maximum Gasteiger partial charge on any atom is 0.407 e. The number of amides is 1. The molecule has 3 aromatic rings. The van der Waals surface area contributed by atoms with E-state index in [-0.39, 0.29) is 18.1 Å². The molecular weight excluding hydrogens is 536 g/mol. The Labute approximate surface area is 246 Å². The van der Waals surface area contributed by atoms with E-state index in [2.05, 4.69) is 15.3 Å². The average molecular weight is 575 g/mol. The van der Waals surface area contributed by atoms with Crippen molar-refractivity contribution >= 4 is 17.7 Å². The Bertz CT molecular complexity index is 1320. The maximum atomic E-state index is 14.2. The van der Waals surface area contributed by atoms with Gasteiger partial charge in [0.1, 0.15) is 23.4 Å². The highest BCUT2D eigenvalue weighted by molar-refractivity contribution is 6.02. The van der Waals surface area contributed by atoms with E-state index in [1.165, 1.54) is 6.33 Å². The first-order valence-corrected chi connectivity index (χ1v) is 13.9.